The maximum Gasteiger partial charge on any atom is 0.317 e. The van der Waals surface area contributed by atoms with E-state index >= 15 is 0 Å². The van der Waals surface area contributed by atoms with E-state index in [2.05, 4.69) is 19.2 Å². The minimum absolute atomic E-state index is 0.0371. The van der Waals surface area contributed by atoms with Crippen LogP contribution >= 0.6 is 0 Å². The summed E-state index contributed by atoms with van der Waals surface area (Å²) in [5, 5.41) is 2.78. The van der Waals surface area contributed by atoms with Crippen molar-refractivity contribution in [1.29, 1.82) is 0 Å². The average molecular weight is 216 g/mol. The van der Waals surface area contributed by atoms with Crippen LogP contribution in [0.3, 0.4) is 0 Å². The summed E-state index contributed by atoms with van der Waals surface area (Å²) in [7, 11) is 1.77. The molecule has 0 bridgehead atoms. The predicted molar refractivity (Wildman–Crippen MR) is 62.0 cm³/mol. The molecule has 0 atom stereocenters. The van der Waals surface area contributed by atoms with Crippen molar-refractivity contribution >= 4 is 6.03 Å². The number of carbonyl (C=O) groups is 1. The van der Waals surface area contributed by atoms with Crippen LogP contribution in [0.1, 0.15) is 27.2 Å². The minimum Gasteiger partial charge on any atom is -0.380 e. The van der Waals surface area contributed by atoms with Gasteiger partial charge < -0.3 is 15.0 Å². The number of nitrogens with zero attached hydrogens (tertiary/aromatic N) is 1. The maximum absolute atomic E-state index is 11.3. The van der Waals surface area contributed by atoms with Gasteiger partial charge in [-0.25, -0.2) is 4.79 Å². The molecule has 0 saturated heterocycles. The van der Waals surface area contributed by atoms with E-state index in [1.54, 1.807) is 11.9 Å². The molecule has 0 rings (SSSR count). The molecule has 0 heterocycles. The SMILES string of the molecule is CCN(C)C(=O)NCCOCCC(C)C. The molecule has 90 valence electrons. The van der Waals surface area contributed by atoms with Crippen LogP contribution in [0.25, 0.3) is 0 Å². The van der Waals surface area contributed by atoms with Crippen molar-refractivity contribution in [2.75, 3.05) is 33.4 Å². The van der Waals surface area contributed by atoms with E-state index in [1.165, 1.54) is 0 Å². The van der Waals surface area contributed by atoms with Crippen molar-refractivity contribution in [1.82, 2.24) is 10.2 Å². The highest BCUT2D eigenvalue weighted by atomic mass is 16.5. The maximum atomic E-state index is 11.3. The predicted octanol–water partition coefficient (Wildman–Crippen LogP) is 1.71. The lowest BCUT2D eigenvalue weighted by atomic mass is 10.1. The second kappa shape index (κ2) is 8.53. The Hall–Kier alpha value is -0.770. The number of carbonyl (C=O) groups excluding carboxylic acids is 1. The van der Waals surface area contributed by atoms with E-state index in [0.717, 1.165) is 19.6 Å². The van der Waals surface area contributed by atoms with Gasteiger partial charge in [0.25, 0.3) is 0 Å². The van der Waals surface area contributed by atoms with Gasteiger partial charge in [0.15, 0.2) is 0 Å². The third-order valence-electron chi connectivity index (χ3n) is 2.18. The summed E-state index contributed by atoms with van der Waals surface area (Å²) in [6, 6.07) is -0.0371. The van der Waals surface area contributed by atoms with Gasteiger partial charge in [-0.15, -0.1) is 0 Å². The molecule has 4 heteroatoms. The summed E-state index contributed by atoms with van der Waals surface area (Å²) in [4.78, 5) is 12.9. The highest BCUT2D eigenvalue weighted by Crippen LogP contribution is 1.98. The molecule has 0 unspecified atom stereocenters. The Morgan fingerprint density at radius 2 is 2.07 bits per heavy atom. The normalized spacial score (nSPS) is 10.5. The number of amides is 2. The minimum atomic E-state index is -0.0371. The first-order valence-electron chi connectivity index (χ1n) is 5.64. The molecule has 0 spiro atoms. The van der Waals surface area contributed by atoms with Crippen LogP contribution in [0.4, 0.5) is 4.79 Å². The monoisotopic (exact) mass is 216 g/mol. The molecular formula is C11H24N2O2. The smallest absolute Gasteiger partial charge is 0.317 e. The number of hydrogen-bond acceptors (Lipinski definition) is 2. The Labute approximate surface area is 93.0 Å². The Kier molecular flexibility index (Phi) is 8.09. The fourth-order valence-corrected chi connectivity index (χ4v) is 0.930. The van der Waals surface area contributed by atoms with Crippen molar-refractivity contribution < 1.29 is 9.53 Å². The van der Waals surface area contributed by atoms with E-state index in [4.69, 9.17) is 4.74 Å². The first-order valence-corrected chi connectivity index (χ1v) is 5.64. The summed E-state index contributed by atoms with van der Waals surface area (Å²) >= 11 is 0. The molecule has 0 saturated carbocycles. The highest BCUT2D eigenvalue weighted by Gasteiger charge is 2.03. The molecule has 0 aromatic heterocycles. The second-order valence-electron chi connectivity index (χ2n) is 4.04. The largest absolute Gasteiger partial charge is 0.380 e. The first-order chi connectivity index (χ1) is 7.07. The Balaban J connectivity index is 3.27. The molecule has 0 fully saturated rings. The number of urea groups is 1. The highest BCUT2D eigenvalue weighted by molar-refractivity contribution is 5.73. The molecular weight excluding hydrogens is 192 g/mol. The van der Waals surface area contributed by atoms with Gasteiger partial charge >= 0.3 is 6.03 Å². The molecule has 0 aliphatic heterocycles. The van der Waals surface area contributed by atoms with Crippen LogP contribution in [0.15, 0.2) is 0 Å². The van der Waals surface area contributed by atoms with Gasteiger partial charge in [0, 0.05) is 26.7 Å². The molecule has 2 amide bonds. The summed E-state index contributed by atoms with van der Waals surface area (Å²) in [5.74, 6) is 0.672. The quantitative estimate of drug-likeness (QED) is 0.658. The van der Waals surface area contributed by atoms with E-state index in [1.807, 2.05) is 6.92 Å². The topological polar surface area (TPSA) is 41.6 Å². The molecule has 1 N–H and O–H groups in total. The third kappa shape index (κ3) is 8.24. The van der Waals surface area contributed by atoms with Crippen LogP contribution in [0.2, 0.25) is 0 Å². The average Bonchev–Trinajstić information content (AvgIpc) is 2.21. The number of nitrogens with one attached hydrogen (secondary N) is 1. The number of hydrogen-bond donors (Lipinski definition) is 1. The van der Waals surface area contributed by atoms with Gasteiger partial charge in [-0.05, 0) is 19.3 Å². The van der Waals surface area contributed by atoms with E-state index < -0.39 is 0 Å². The van der Waals surface area contributed by atoms with E-state index in [0.29, 0.717) is 19.1 Å². The van der Waals surface area contributed by atoms with E-state index in [-0.39, 0.29) is 6.03 Å². The lowest BCUT2D eigenvalue weighted by molar-refractivity contribution is 0.124. The van der Waals surface area contributed by atoms with Gasteiger partial charge in [-0.3, -0.25) is 0 Å². The standard InChI is InChI=1S/C11H24N2O2/c1-5-13(4)11(14)12-7-9-15-8-6-10(2)3/h10H,5-9H2,1-4H3,(H,12,14). The summed E-state index contributed by atoms with van der Waals surface area (Å²) in [6.45, 7) is 8.95. The van der Waals surface area contributed by atoms with Crippen LogP contribution < -0.4 is 5.32 Å². The summed E-state index contributed by atoms with van der Waals surface area (Å²) in [6.07, 6.45) is 1.07. The van der Waals surface area contributed by atoms with Crippen LogP contribution in [-0.2, 0) is 4.74 Å². The Bertz CT molecular complexity index is 172. The molecule has 0 aromatic rings. The van der Waals surface area contributed by atoms with Crippen molar-refractivity contribution in [3.05, 3.63) is 0 Å². The van der Waals surface area contributed by atoms with Crippen LogP contribution in [0.5, 0.6) is 0 Å². The molecule has 0 aliphatic carbocycles. The Morgan fingerprint density at radius 3 is 2.60 bits per heavy atom. The number of ether oxygens (including phenoxy) is 1. The zero-order valence-electron chi connectivity index (χ0n) is 10.4. The van der Waals surface area contributed by atoms with Gasteiger partial charge in [0.1, 0.15) is 0 Å². The van der Waals surface area contributed by atoms with Gasteiger partial charge in [0.2, 0.25) is 0 Å². The zero-order valence-corrected chi connectivity index (χ0v) is 10.4. The molecule has 0 radical (unpaired) electrons. The lowest BCUT2D eigenvalue weighted by Gasteiger charge is -2.15. The molecule has 0 aromatic carbocycles. The van der Waals surface area contributed by atoms with E-state index in [9.17, 15) is 4.79 Å². The van der Waals surface area contributed by atoms with Crippen molar-refractivity contribution in [2.24, 2.45) is 5.92 Å². The second-order valence-corrected chi connectivity index (χ2v) is 4.04. The van der Waals surface area contributed by atoms with Crippen LogP contribution in [-0.4, -0.2) is 44.3 Å². The Morgan fingerprint density at radius 1 is 1.40 bits per heavy atom. The lowest BCUT2D eigenvalue weighted by Crippen LogP contribution is -2.38. The van der Waals surface area contributed by atoms with Crippen molar-refractivity contribution in [2.45, 2.75) is 27.2 Å². The summed E-state index contributed by atoms with van der Waals surface area (Å²) in [5.41, 5.74) is 0. The van der Waals surface area contributed by atoms with Gasteiger partial charge in [0.05, 0.1) is 6.61 Å². The first kappa shape index (κ1) is 14.2. The fourth-order valence-electron chi connectivity index (χ4n) is 0.930. The fraction of sp³-hybridized carbons (Fsp3) is 0.909. The third-order valence-corrected chi connectivity index (χ3v) is 2.18. The molecule has 0 aliphatic rings. The van der Waals surface area contributed by atoms with Crippen molar-refractivity contribution in [3.63, 3.8) is 0 Å². The van der Waals surface area contributed by atoms with Gasteiger partial charge in [-0.1, -0.05) is 13.8 Å². The molecule has 15 heavy (non-hydrogen) atoms. The zero-order chi connectivity index (χ0) is 11.7. The molecule has 4 nitrogen and oxygen atoms in total. The van der Waals surface area contributed by atoms with Crippen molar-refractivity contribution in [3.8, 4) is 0 Å². The summed E-state index contributed by atoms with van der Waals surface area (Å²) < 4.78 is 5.38. The van der Waals surface area contributed by atoms with Gasteiger partial charge in [-0.2, -0.15) is 0 Å². The number of rotatable bonds is 7. The van der Waals surface area contributed by atoms with Crippen LogP contribution in [0, 0.1) is 5.92 Å².